The third-order valence-electron chi connectivity index (χ3n) is 4.76. The molecular formula is C19H29F3N4O4S. The maximum Gasteiger partial charge on any atom is 0.411 e. The third-order valence-corrected chi connectivity index (χ3v) is 6.57. The molecule has 1 fully saturated rings. The highest BCUT2D eigenvalue weighted by Gasteiger charge is 2.27. The second-order valence-corrected chi connectivity index (χ2v) is 9.65. The molecule has 1 saturated heterocycles. The van der Waals surface area contributed by atoms with E-state index in [4.69, 9.17) is 0 Å². The van der Waals surface area contributed by atoms with E-state index in [1.165, 1.54) is 26.2 Å². The minimum Gasteiger partial charge on any atom is -0.372 e. The number of hydrogen-bond acceptors (Lipinski definition) is 6. The normalized spacial score (nSPS) is 16.6. The van der Waals surface area contributed by atoms with Crippen molar-refractivity contribution in [1.82, 2.24) is 14.1 Å². The SMILES string of the molecule is CN(C)S(=O)(=O)c1cccc(NC(=O)CN2CCN(CCCOCC(F)(F)F)CC2)c1. The number of rotatable bonds is 10. The monoisotopic (exact) mass is 466 g/mol. The van der Waals surface area contributed by atoms with Crippen molar-refractivity contribution < 1.29 is 31.1 Å². The predicted molar refractivity (Wildman–Crippen MR) is 110 cm³/mol. The Morgan fingerprint density at radius 2 is 1.81 bits per heavy atom. The summed E-state index contributed by atoms with van der Waals surface area (Å²) < 4.78 is 66.2. The van der Waals surface area contributed by atoms with Crippen molar-refractivity contribution in [1.29, 1.82) is 0 Å². The highest BCUT2D eigenvalue weighted by Crippen LogP contribution is 2.18. The zero-order valence-corrected chi connectivity index (χ0v) is 18.5. The molecule has 8 nitrogen and oxygen atoms in total. The van der Waals surface area contributed by atoms with Gasteiger partial charge in [0.15, 0.2) is 0 Å². The average molecular weight is 467 g/mol. The summed E-state index contributed by atoms with van der Waals surface area (Å²) in [7, 11) is -0.705. The van der Waals surface area contributed by atoms with Crippen molar-refractivity contribution in [2.45, 2.75) is 17.5 Å². The number of alkyl halides is 3. The number of carbonyl (C=O) groups is 1. The highest BCUT2D eigenvalue weighted by atomic mass is 32.2. The lowest BCUT2D eigenvalue weighted by Crippen LogP contribution is -2.48. The van der Waals surface area contributed by atoms with Gasteiger partial charge in [-0.25, -0.2) is 12.7 Å². The molecule has 0 aliphatic carbocycles. The van der Waals surface area contributed by atoms with Gasteiger partial charge in [-0.05, 0) is 24.6 Å². The zero-order valence-electron chi connectivity index (χ0n) is 17.7. The van der Waals surface area contributed by atoms with Gasteiger partial charge in [0.2, 0.25) is 15.9 Å². The first-order valence-corrected chi connectivity index (χ1v) is 11.3. The van der Waals surface area contributed by atoms with Crippen LogP contribution >= 0.6 is 0 Å². The molecule has 0 saturated carbocycles. The van der Waals surface area contributed by atoms with E-state index in [0.717, 1.165) is 4.31 Å². The molecule has 1 N–H and O–H groups in total. The maximum absolute atomic E-state index is 12.3. The maximum atomic E-state index is 12.3. The summed E-state index contributed by atoms with van der Waals surface area (Å²) in [5, 5.41) is 2.73. The van der Waals surface area contributed by atoms with Crippen LogP contribution in [-0.4, -0.2) is 101 Å². The first-order valence-electron chi connectivity index (χ1n) is 9.89. The molecule has 0 aromatic heterocycles. The number of nitrogens with one attached hydrogen (secondary N) is 1. The number of nitrogens with zero attached hydrogens (tertiary/aromatic N) is 3. The van der Waals surface area contributed by atoms with Crippen LogP contribution in [0.15, 0.2) is 29.2 Å². The minimum atomic E-state index is -4.30. The number of amides is 1. The summed E-state index contributed by atoms with van der Waals surface area (Å²) in [5.41, 5.74) is 0.408. The Balaban J connectivity index is 1.71. The number of anilines is 1. The number of benzene rings is 1. The lowest BCUT2D eigenvalue weighted by Gasteiger charge is -2.34. The quantitative estimate of drug-likeness (QED) is 0.526. The molecule has 1 aromatic carbocycles. The zero-order chi connectivity index (χ0) is 23.1. The van der Waals surface area contributed by atoms with Gasteiger partial charge in [-0.2, -0.15) is 13.2 Å². The van der Waals surface area contributed by atoms with E-state index in [1.54, 1.807) is 12.1 Å². The van der Waals surface area contributed by atoms with Gasteiger partial charge in [-0.15, -0.1) is 0 Å². The molecule has 12 heteroatoms. The molecule has 0 unspecified atom stereocenters. The number of piperazine rings is 1. The van der Waals surface area contributed by atoms with Gasteiger partial charge in [0.25, 0.3) is 0 Å². The highest BCUT2D eigenvalue weighted by molar-refractivity contribution is 7.89. The van der Waals surface area contributed by atoms with Gasteiger partial charge < -0.3 is 15.0 Å². The number of ether oxygens (including phenoxy) is 1. The number of carbonyl (C=O) groups excluding carboxylic acids is 1. The largest absolute Gasteiger partial charge is 0.411 e. The molecule has 176 valence electrons. The van der Waals surface area contributed by atoms with Crippen LogP contribution < -0.4 is 5.32 Å². The van der Waals surface area contributed by atoms with Crippen LogP contribution in [0.5, 0.6) is 0 Å². The Morgan fingerprint density at radius 3 is 2.42 bits per heavy atom. The summed E-state index contributed by atoms with van der Waals surface area (Å²) >= 11 is 0. The van der Waals surface area contributed by atoms with Crippen molar-refractivity contribution in [2.24, 2.45) is 0 Å². The fourth-order valence-corrected chi connectivity index (χ4v) is 4.05. The molecule has 1 heterocycles. The van der Waals surface area contributed by atoms with Crippen molar-refractivity contribution in [2.75, 3.05) is 71.9 Å². The molecule has 0 radical (unpaired) electrons. The first-order chi connectivity index (χ1) is 14.5. The van der Waals surface area contributed by atoms with Crippen LogP contribution in [-0.2, 0) is 19.6 Å². The van der Waals surface area contributed by atoms with E-state index in [-0.39, 0.29) is 24.0 Å². The van der Waals surface area contributed by atoms with E-state index >= 15 is 0 Å². The fraction of sp³-hybridized carbons (Fsp3) is 0.632. The summed E-state index contributed by atoms with van der Waals surface area (Å²) in [6, 6.07) is 6.10. The number of sulfonamides is 1. The lowest BCUT2D eigenvalue weighted by atomic mass is 10.2. The van der Waals surface area contributed by atoms with Gasteiger partial charge in [-0.1, -0.05) is 6.07 Å². The summed E-state index contributed by atoms with van der Waals surface area (Å²) in [6.07, 6.45) is -3.78. The third kappa shape index (κ3) is 8.73. The predicted octanol–water partition coefficient (Wildman–Crippen LogP) is 1.46. The van der Waals surface area contributed by atoms with E-state index in [9.17, 15) is 26.4 Å². The second kappa shape index (κ2) is 11.2. The summed E-state index contributed by atoms with van der Waals surface area (Å²) in [4.78, 5) is 16.6. The van der Waals surface area contributed by atoms with Crippen LogP contribution in [0.1, 0.15) is 6.42 Å². The Hall–Kier alpha value is -1.73. The van der Waals surface area contributed by atoms with Crippen LogP contribution in [0.3, 0.4) is 0 Å². The molecule has 31 heavy (non-hydrogen) atoms. The van der Waals surface area contributed by atoms with Crippen LogP contribution in [0, 0.1) is 0 Å². The van der Waals surface area contributed by atoms with Crippen molar-refractivity contribution in [3.63, 3.8) is 0 Å². The van der Waals surface area contributed by atoms with Crippen molar-refractivity contribution in [3.8, 4) is 0 Å². The van der Waals surface area contributed by atoms with Crippen LogP contribution in [0.2, 0.25) is 0 Å². The molecule has 0 atom stereocenters. The molecule has 1 aliphatic rings. The Labute approximate surface area is 181 Å². The molecule has 1 aliphatic heterocycles. The summed E-state index contributed by atoms with van der Waals surface area (Å²) in [5.74, 6) is -0.242. The van der Waals surface area contributed by atoms with E-state index in [1.807, 2.05) is 4.90 Å². The lowest BCUT2D eigenvalue weighted by molar-refractivity contribution is -0.174. The molecular weight excluding hydrogens is 437 g/mol. The molecule has 0 bridgehead atoms. The van der Waals surface area contributed by atoms with Crippen molar-refractivity contribution >= 4 is 21.6 Å². The van der Waals surface area contributed by atoms with E-state index in [0.29, 0.717) is 44.8 Å². The van der Waals surface area contributed by atoms with E-state index < -0.39 is 22.8 Å². The molecule has 1 aromatic rings. The topological polar surface area (TPSA) is 82.2 Å². The number of hydrogen-bond donors (Lipinski definition) is 1. The van der Waals surface area contributed by atoms with Gasteiger partial charge in [-0.3, -0.25) is 9.69 Å². The fourth-order valence-electron chi connectivity index (χ4n) is 3.10. The second-order valence-electron chi connectivity index (χ2n) is 7.50. The van der Waals surface area contributed by atoms with Gasteiger partial charge >= 0.3 is 6.18 Å². The first kappa shape index (κ1) is 25.5. The Morgan fingerprint density at radius 1 is 1.16 bits per heavy atom. The minimum absolute atomic E-state index is 0.0603. The van der Waals surface area contributed by atoms with Crippen LogP contribution in [0.25, 0.3) is 0 Å². The standard InChI is InChI=1S/C19H29F3N4O4S/c1-24(2)31(28,29)17-6-3-5-16(13-17)23-18(27)14-26-10-8-25(9-11-26)7-4-12-30-15-19(20,21)22/h3,5-6,13H,4,7-12,14-15H2,1-2H3,(H,23,27). The summed E-state index contributed by atoms with van der Waals surface area (Å²) in [6.45, 7) is 2.40. The number of halogens is 3. The van der Waals surface area contributed by atoms with Gasteiger partial charge in [0, 0.05) is 59.1 Å². The molecule has 1 amide bonds. The average Bonchev–Trinajstić information content (AvgIpc) is 2.68. The molecule has 0 spiro atoms. The van der Waals surface area contributed by atoms with E-state index in [2.05, 4.69) is 15.0 Å². The van der Waals surface area contributed by atoms with Gasteiger partial charge in [0.05, 0.1) is 11.4 Å². The van der Waals surface area contributed by atoms with Crippen molar-refractivity contribution in [3.05, 3.63) is 24.3 Å². The van der Waals surface area contributed by atoms with Gasteiger partial charge in [0.1, 0.15) is 6.61 Å². The smallest absolute Gasteiger partial charge is 0.372 e. The Bertz CT molecular complexity index is 826. The van der Waals surface area contributed by atoms with Crippen LogP contribution in [0.4, 0.5) is 18.9 Å². The Kier molecular flexibility index (Phi) is 9.25. The molecule has 2 rings (SSSR count).